The van der Waals surface area contributed by atoms with Crippen molar-refractivity contribution in [1.82, 2.24) is 5.32 Å². The molecule has 0 saturated carbocycles. The van der Waals surface area contributed by atoms with Gasteiger partial charge in [-0.3, -0.25) is 0 Å². The van der Waals surface area contributed by atoms with E-state index in [4.69, 9.17) is 0 Å². The summed E-state index contributed by atoms with van der Waals surface area (Å²) in [5, 5.41) is 13.7. The summed E-state index contributed by atoms with van der Waals surface area (Å²) in [5.41, 5.74) is 2.53. The van der Waals surface area contributed by atoms with Crippen LogP contribution in [0.1, 0.15) is 29.9 Å². The summed E-state index contributed by atoms with van der Waals surface area (Å²) in [6, 6.07) is 6.49. The van der Waals surface area contributed by atoms with Crippen molar-refractivity contribution < 1.29 is 5.11 Å². The first-order valence-corrected chi connectivity index (χ1v) is 6.46. The van der Waals surface area contributed by atoms with E-state index in [9.17, 15) is 5.11 Å². The first kappa shape index (κ1) is 10.8. The molecule has 1 aliphatic carbocycles. The number of aromatic hydroxyl groups is 1. The molecule has 1 fully saturated rings. The second-order valence-corrected chi connectivity index (χ2v) is 5.21. The normalized spacial score (nSPS) is 30.7. The number of hydrogen-bond acceptors (Lipinski definition) is 2. The Kier molecular flexibility index (Phi) is 2.67. The predicted molar refractivity (Wildman–Crippen MR) is 69.3 cm³/mol. The molecule has 1 aromatic carbocycles. The molecule has 2 nitrogen and oxygen atoms in total. The van der Waals surface area contributed by atoms with Gasteiger partial charge in [0.05, 0.1) is 0 Å². The van der Waals surface area contributed by atoms with Crippen LogP contribution in [0.3, 0.4) is 0 Å². The third-order valence-corrected chi connectivity index (χ3v) is 4.28. The van der Waals surface area contributed by atoms with E-state index in [0.717, 1.165) is 19.4 Å². The number of fused-ring (bicyclic) bond motifs is 3. The van der Waals surface area contributed by atoms with Crippen LogP contribution in [0.25, 0.3) is 0 Å². The van der Waals surface area contributed by atoms with Gasteiger partial charge in [-0.1, -0.05) is 18.2 Å². The average Bonchev–Trinajstić information content (AvgIpc) is 2.73. The molecule has 3 atom stereocenters. The zero-order valence-corrected chi connectivity index (χ0v) is 10.0. The molecule has 90 valence electrons. The smallest absolute Gasteiger partial charge is 0.119 e. The number of hydrogen-bond donors (Lipinski definition) is 2. The third-order valence-electron chi connectivity index (χ3n) is 4.28. The number of phenols is 1. The summed E-state index contributed by atoms with van der Waals surface area (Å²) in [6.07, 6.45) is 5.30. The van der Waals surface area contributed by atoms with E-state index >= 15 is 0 Å². The number of rotatable bonds is 2. The average molecular weight is 229 g/mol. The molecule has 0 amide bonds. The Morgan fingerprint density at radius 2 is 2.35 bits per heavy atom. The molecule has 2 N–H and O–H groups in total. The van der Waals surface area contributed by atoms with Gasteiger partial charge in [0.2, 0.25) is 0 Å². The largest absolute Gasteiger partial charge is 0.508 e. The van der Waals surface area contributed by atoms with Gasteiger partial charge in [0, 0.05) is 17.5 Å². The molecule has 17 heavy (non-hydrogen) atoms. The molecule has 1 heterocycles. The second kappa shape index (κ2) is 4.19. The van der Waals surface area contributed by atoms with Crippen LogP contribution in [0.2, 0.25) is 0 Å². The van der Waals surface area contributed by atoms with Crippen molar-refractivity contribution in [3.8, 4) is 5.75 Å². The van der Waals surface area contributed by atoms with Crippen molar-refractivity contribution in [2.75, 3.05) is 6.54 Å². The van der Waals surface area contributed by atoms with Crippen LogP contribution in [0.4, 0.5) is 0 Å². The van der Waals surface area contributed by atoms with Crippen LogP contribution in [-0.4, -0.2) is 17.7 Å². The van der Waals surface area contributed by atoms with Gasteiger partial charge in [-0.05, 0) is 43.4 Å². The zero-order chi connectivity index (χ0) is 11.8. The first-order valence-electron chi connectivity index (χ1n) is 6.46. The molecule has 0 spiro atoms. The third kappa shape index (κ3) is 1.67. The molecule has 1 saturated heterocycles. The summed E-state index contributed by atoms with van der Waals surface area (Å²) in [4.78, 5) is 0. The molecule has 3 rings (SSSR count). The van der Waals surface area contributed by atoms with Gasteiger partial charge in [0.1, 0.15) is 5.75 Å². The van der Waals surface area contributed by atoms with Crippen molar-refractivity contribution in [3.63, 3.8) is 0 Å². The van der Waals surface area contributed by atoms with Crippen LogP contribution in [0, 0.1) is 5.92 Å². The maximum atomic E-state index is 10.1. The molecule has 1 aliphatic heterocycles. The lowest BCUT2D eigenvalue weighted by molar-refractivity contribution is 0.396. The number of allylic oxidation sites excluding steroid dienone is 1. The highest BCUT2D eigenvalue weighted by atomic mass is 16.3. The van der Waals surface area contributed by atoms with E-state index in [1.165, 1.54) is 17.5 Å². The topological polar surface area (TPSA) is 32.3 Å². The number of benzene rings is 1. The monoisotopic (exact) mass is 229 g/mol. The summed E-state index contributed by atoms with van der Waals surface area (Å²) in [7, 11) is 0. The summed E-state index contributed by atoms with van der Waals surface area (Å²) in [5.74, 6) is 1.54. The van der Waals surface area contributed by atoms with Crippen molar-refractivity contribution in [3.05, 3.63) is 42.0 Å². The van der Waals surface area contributed by atoms with Crippen LogP contribution in [-0.2, 0) is 6.42 Å². The first-order chi connectivity index (χ1) is 8.31. The van der Waals surface area contributed by atoms with Gasteiger partial charge < -0.3 is 10.4 Å². The molecule has 2 aliphatic rings. The Morgan fingerprint density at radius 1 is 1.47 bits per heavy atom. The van der Waals surface area contributed by atoms with Crippen LogP contribution in [0.15, 0.2) is 30.9 Å². The fourth-order valence-corrected chi connectivity index (χ4v) is 3.56. The SMILES string of the molecule is C=CCC1CN[C@H]2CCc3cccc(O)c3[C@H]12. The summed E-state index contributed by atoms with van der Waals surface area (Å²) < 4.78 is 0. The van der Waals surface area contributed by atoms with Gasteiger partial charge in [-0.25, -0.2) is 0 Å². The Morgan fingerprint density at radius 3 is 3.18 bits per heavy atom. The minimum Gasteiger partial charge on any atom is -0.508 e. The molecule has 0 aromatic heterocycles. The van der Waals surface area contributed by atoms with E-state index in [-0.39, 0.29) is 0 Å². The van der Waals surface area contributed by atoms with Gasteiger partial charge >= 0.3 is 0 Å². The van der Waals surface area contributed by atoms with Crippen LogP contribution < -0.4 is 5.32 Å². The molecular formula is C15H19NO. The van der Waals surface area contributed by atoms with E-state index in [0.29, 0.717) is 23.6 Å². The highest BCUT2D eigenvalue weighted by molar-refractivity contribution is 5.45. The van der Waals surface area contributed by atoms with Gasteiger partial charge in [0.15, 0.2) is 0 Å². The second-order valence-electron chi connectivity index (χ2n) is 5.21. The minimum absolute atomic E-state index is 0.470. The van der Waals surface area contributed by atoms with Gasteiger partial charge in [0.25, 0.3) is 0 Å². The zero-order valence-electron chi connectivity index (χ0n) is 10.0. The minimum atomic E-state index is 0.470. The quantitative estimate of drug-likeness (QED) is 0.764. The van der Waals surface area contributed by atoms with Crippen molar-refractivity contribution in [1.29, 1.82) is 0 Å². The fourth-order valence-electron chi connectivity index (χ4n) is 3.56. The Bertz CT molecular complexity index is 441. The van der Waals surface area contributed by atoms with Crippen molar-refractivity contribution in [2.45, 2.75) is 31.2 Å². The Labute approximate surface area is 102 Å². The van der Waals surface area contributed by atoms with Crippen LogP contribution in [0.5, 0.6) is 5.75 Å². The standard InChI is InChI=1S/C15H19NO/c1-2-4-11-9-16-12-8-7-10-5-3-6-13(17)15(10)14(11)12/h2-3,5-6,11-12,14,16-17H,1,4,7-9H2/t11?,12-,14+/m0/s1. The summed E-state index contributed by atoms with van der Waals surface area (Å²) in [6.45, 7) is 4.90. The number of nitrogens with one attached hydrogen (secondary N) is 1. The van der Waals surface area contributed by atoms with Crippen LogP contribution >= 0.6 is 0 Å². The highest BCUT2D eigenvalue weighted by Gasteiger charge is 2.40. The number of phenolic OH excluding ortho intramolecular Hbond substituents is 1. The van der Waals surface area contributed by atoms with E-state index in [2.05, 4.69) is 18.0 Å². The Balaban J connectivity index is 2.03. The fraction of sp³-hybridized carbons (Fsp3) is 0.467. The molecule has 0 radical (unpaired) electrons. The lowest BCUT2D eigenvalue weighted by Crippen LogP contribution is -2.30. The molecule has 1 aromatic rings. The van der Waals surface area contributed by atoms with Gasteiger partial charge in [-0.15, -0.1) is 6.58 Å². The maximum Gasteiger partial charge on any atom is 0.119 e. The maximum absolute atomic E-state index is 10.1. The lowest BCUT2D eigenvalue weighted by Gasteiger charge is -2.31. The molecule has 1 unspecified atom stereocenters. The van der Waals surface area contributed by atoms with E-state index in [1.54, 1.807) is 0 Å². The predicted octanol–water partition coefficient (Wildman–Crippen LogP) is 2.59. The highest BCUT2D eigenvalue weighted by Crippen LogP contribution is 2.45. The molecule has 2 heteroatoms. The van der Waals surface area contributed by atoms with E-state index in [1.807, 2.05) is 18.2 Å². The molecule has 0 bridgehead atoms. The molecular weight excluding hydrogens is 210 g/mol. The van der Waals surface area contributed by atoms with Gasteiger partial charge in [-0.2, -0.15) is 0 Å². The van der Waals surface area contributed by atoms with E-state index < -0.39 is 0 Å². The van der Waals surface area contributed by atoms with Crippen molar-refractivity contribution >= 4 is 0 Å². The summed E-state index contributed by atoms with van der Waals surface area (Å²) >= 11 is 0. The number of aryl methyl sites for hydroxylation is 1. The lowest BCUT2D eigenvalue weighted by atomic mass is 9.74. The van der Waals surface area contributed by atoms with Crippen molar-refractivity contribution in [2.24, 2.45) is 5.92 Å². The Hall–Kier alpha value is -1.28.